The maximum absolute atomic E-state index is 14.2. The van der Waals surface area contributed by atoms with Gasteiger partial charge in [-0.1, -0.05) is 31.5 Å². The average molecular weight is 591 g/mol. The molecule has 1 N–H and O–H groups in total. The highest BCUT2D eigenvalue weighted by Crippen LogP contribution is 2.30. The molecule has 0 spiro atoms. The molecule has 9 nitrogen and oxygen atoms in total. The lowest BCUT2D eigenvalue weighted by Crippen LogP contribution is -2.46. The van der Waals surface area contributed by atoms with Crippen LogP contribution in [0.15, 0.2) is 58.4 Å². The number of benzene rings is 1. The van der Waals surface area contributed by atoms with Crippen LogP contribution >= 0.6 is 11.8 Å². The highest BCUT2D eigenvalue weighted by atomic mass is 32.2. The zero-order valence-corrected chi connectivity index (χ0v) is 24.5. The Morgan fingerprint density at radius 2 is 1.71 bits per heavy atom. The van der Waals surface area contributed by atoms with Crippen LogP contribution in [0.2, 0.25) is 0 Å². The van der Waals surface area contributed by atoms with E-state index in [4.69, 9.17) is 0 Å². The normalized spacial score (nSPS) is 19.7. The van der Waals surface area contributed by atoms with Crippen LogP contribution < -0.4 is 16.6 Å². The summed E-state index contributed by atoms with van der Waals surface area (Å²) in [5.41, 5.74) is 1.76. The molecule has 2 aliphatic rings. The lowest BCUT2D eigenvalue weighted by atomic mass is 9.90. The van der Waals surface area contributed by atoms with Gasteiger partial charge in [-0.2, -0.15) is 16.9 Å². The number of aromatic nitrogens is 5. The summed E-state index contributed by atoms with van der Waals surface area (Å²) in [6.45, 7) is 2.08. The molecule has 42 heavy (non-hydrogen) atoms. The number of nitrogens with zero attached hydrogens (tertiary/aromatic N) is 5. The fourth-order valence-corrected chi connectivity index (χ4v) is 7.45. The van der Waals surface area contributed by atoms with E-state index in [0.29, 0.717) is 31.2 Å². The second kappa shape index (κ2) is 12.2. The number of carbonyl (C=O) groups is 1. The van der Waals surface area contributed by atoms with Gasteiger partial charge in [0.2, 0.25) is 0 Å². The molecule has 1 aromatic carbocycles. The number of amides is 1. The number of halogens is 1. The van der Waals surface area contributed by atoms with Crippen LogP contribution in [0.5, 0.6) is 0 Å². The summed E-state index contributed by atoms with van der Waals surface area (Å²) in [7, 11) is 0. The molecule has 0 bridgehead atoms. The van der Waals surface area contributed by atoms with Crippen LogP contribution in [-0.4, -0.2) is 47.4 Å². The lowest BCUT2D eigenvalue weighted by molar-refractivity contribution is 0.0920. The number of rotatable bonds is 7. The average Bonchev–Trinajstić information content (AvgIpc) is 3.43. The van der Waals surface area contributed by atoms with E-state index in [2.05, 4.69) is 22.3 Å². The molecular formula is C31H35FN6O3S. The number of hydrogen-bond acceptors (Lipinski definition) is 6. The van der Waals surface area contributed by atoms with E-state index in [0.717, 1.165) is 54.8 Å². The number of para-hydroxylation sites is 1. The number of pyridine rings is 1. The molecule has 6 rings (SSSR count). The molecule has 2 fully saturated rings. The van der Waals surface area contributed by atoms with E-state index in [1.807, 2.05) is 46.8 Å². The fourth-order valence-electron chi connectivity index (χ4n) is 6.37. The second-order valence-corrected chi connectivity index (χ2v) is 12.4. The summed E-state index contributed by atoms with van der Waals surface area (Å²) < 4.78 is 19.0. The molecule has 0 radical (unpaired) electrons. The van der Waals surface area contributed by atoms with E-state index in [1.54, 1.807) is 10.8 Å². The van der Waals surface area contributed by atoms with Crippen LogP contribution in [0.4, 0.5) is 4.39 Å². The largest absolute Gasteiger partial charge is 0.349 e. The molecule has 220 valence electrons. The van der Waals surface area contributed by atoms with Crippen molar-refractivity contribution in [1.29, 1.82) is 0 Å². The topological polar surface area (TPSA) is 104 Å². The minimum Gasteiger partial charge on any atom is -0.349 e. The monoisotopic (exact) mass is 590 g/mol. The molecule has 4 aromatic rings. The maximum atomic E-state index is 14.2. The van der Waals surface area contributed by atoms with Crippen molar-refractivity contribution < 1.29 is 9.18 Å². The Balaban J connectivity index is 1.22. The molecule has 11 heteroatoms. The third-order valence-corrected chi connectivity index (χ3v) is 9.53. The van der Waals surface area contributed by atoms with Gasteiger partial charge >= 0.3 is 5.69 Å². The first-order chi connectivity index (χ1) is 20.5. The Kier molecular flexibility index (Phi) is 8.28. The van der Waals surface area contributed by atoms with Gasteiger partial charge in [0.05, 0.1) is 34.7 Å². The minimum atomic E-state index is -0.597. The van der Waals surface area contributed by atoms with E-state index >= 15 is 0 Å². The van der Waals surface area contributed by atoms with Crippen molar-refractivity contribution in [2.24, 2.45) is 0 Å². The Hall–Kier alpha value is -3.73. The summed E-state index contributed by atoms with van der Waals surface area (Å²) in [5.74, 6) is 1.09. The third-order valence-electron chi connectivity index (χ3n) is 8.48. The molecule has 1 saturated heterocycles. The lowest BCUT2D eigenvalue weighted by Gasteiger charge is -2.31. The standard InChI is InChI=1S/C31H35FN6O3S/c1-2-6-27-26(19-34-38(27)24-7-4-3-5-8-24)29(39)35-21-9-11-22(12-10-21)37-30(40)25-17-20(32)18-33-28(25)36(31(37)41)23-13-15-42-16-14-23/h3-5,7-8,17-19,21-23H,2,6,9-16H2,1H3,(H,35,39). The first kappa shape index (κ1) is 28.4. The first-order valence-electron chi connectivity index (χ1n) is 14.8. The predicted molar refractivity (Wildman–Crippen MR) is 162 cm³/mol. The summed E-state index contributed by atoms with van der Waals surface area (Å²) in [5, 5.41) is 7.83. The molecule has 1 aliphatic carbocycles. The minimum absolute atomic E-state index is 0.0733. The Morgan fingerprint density at radius 1 is 1.00 bits per heavy atom. The van der Waals surface area contributed by atoms with E-state index in [1.165, 1.54) is 10.6 Å². The van der Waals surface area contributed by atoms with Crippen molar-refractivity contribution in [3.8, 4) is 5.69 Å². The third kappa shape index (κ3) is 5.42. The van der Waals surface area contributed by atoms with Crippen molar-refractivity contribution in [2.75, 3.05) is 11.5 Å². The van der Waals surface area contributed by atoms with Crippen LogP contribution in [0.3, 0.4) is 0 Å². The fraction of sp³-hybridized carbons (Fsp3) is 0.452. The van der Waals surface area contributed by atoms with Gasteiger partial charge in [-0.3, -0.25) is 18.7 Å². The van der Waals surface area contributed by atoms with Gasteiger partial charge in [0.15, 0.2) is 0 Å². The van der Waals surface area contributed by atoms with Gasteiger partial charge in [-0.15, -0.1) is 0 Å². The highest BCUT2D eigenvalue weighted by Gasteiger charge is 2.30. The SMILES string of the molecule is CCCc1c(C(=O)NC2CCC(n3c(=O)c4cc(F)cnc4n(C4CCSCC4)c3=O)CC2)cnn1-c1ccccc1. The van der Waals surface area contributed by atoms with Crippen molar-refractivity contribution in [1.82, 2.24) is 29.2 Å². The number of thioether (sulfide) groups is 1. The smallest absolute Gasteiger partial charge is 0.333 e. The molecule has 1 aliphatic heterocycles. The number of fused-ring (bicyclic) bond motifs is 1. The Bertz CT molecular complexity index is 1700. The summed E-state index contributed by atoms with van der Waals surface area (Å²) in [4.78, 5) is 45.0. The number of nitrogens with one attached hydrogen (secondary N) is 1. The molecule has 4 heterocycles. The van der Waals surface area contributed by atoms with Crippen molar-refractivity contribution in [3.05, 3.63) is 86.7 Å². The van der Waals surface area contributed by atoms with Gasteiger partial charge in [0, 0.05) is 18.1 Å². The van der Waals surface area contributed by atoms with E-state index in [9.17, 15) is 18.8 Å². The summed E-state index contributed by atoms with van der Waals surface area (Å²) in [6, 6.07) is 10.5. The van der Waals surface area contributed by atoms with Crippen molar-refractivity contribution >= 4 is 28.7 Å². The van der Waals surface area contributed by atoms with E-state index < -0.39 is 11.4 Å². The summed E-state index contributed by atoms with van der Waals surface area (Å²) >= 11 is 1.85. The quantitative estimate of drug-likeness (QED) is 0.331. The maximum Gasteiger partial charge on any atom is 0.333 e. The molecule has 0 atom stereocenters. The Morgan fingerprint density at radius 3 is 2.43 bits per heavy atom. The van der Waals surface area contributed by atoms with Gasteiger partial charge in [0.25, 0.3) is 11.5 Å². The van der Waals surface area contributed by atoms with Crippen molar-refractivity contribution in [2.45, 2.75) is 76.4 Å². The van der Waals surface area contributed by atoms with Crippen LogP contribution in [0.25, 0.3) is 16.7 Å². The van der Waals surface area contributed by atoms with Gasteiger partial charge in [-0.25, -0.2) is 18.9 Å². The van der Waals surface area contributed by atoms with Crippen molar-refractivity contribution in [3.63, 3.8) is 0 Å². The zero-order chi connectivity index (χ0) is 29.2. The zero-order valence-electron chi connectivity index (χ0n) is 23.7. The van der Waals surface area contributed by atoms with Gasteiger partial charge in [0.1, 0.15) is 11.5 Å². The van der Waals surface area contributed by atoms with Crippen LogP contribution in [-0.2, 0) is 6.42 Å². The molecule has 3 aromatic heterocycles. The molecule has 1 amide bonds. The van der Waals surface area contributed by atoms with Gasteiger partial charge < -0.3 is 5.32 Å². The predicted octanol–water partition coefficient (Wildman–Crippen LogP) is 4.82. The second-order valence-electron chi connectivity index (χ2n) is 11.2. The van der Waals surface area contributed by atoms with Crippen LogP contribution in [0.1, 0.15) is 80.0 Å². The molecule has 1 saturated carbocycles. The first-order valence-corrected chi connectivity index (χ1v) is 15.9. The molecule has 0 unspecified atom stereocenters. The van der Waals surface area contributed by atoms with E-state index in [-0.39, 0.29) is 40.8 Å². The van der Waals surface area contributed by atoms with Gasteiger partial charge in [-0.05, 0) is 74.7 Å². The Labute approximate surface area is 247 Å². The number of hydrogen-bond donors (Lipinski definition) is 1. The van der Waals surface area contributed by atoms with Crippen LogP contribution in [0, 0.1) is 5.82 Å². The highest BCUT2D eigenvalue weighted by molar-refractivity contribution is 7.99. The number of carbonyl (C=O) groups excluding carboxylic acids is 1. The molecular weight excluding hydrogens is 555 g/mol. The summed E-state index contributed by atoms with van der Waals surface area (Å²) in [6.07, 6.45) is 8.26.